The average molecular weight is 283 g/mol. The number of hydrogen-bond acceptors (Lipinski definition) is 3. The lowest BCUT2D eigenvalue weighted by Gasteiger charge is -2.16. The molecule has 1 aliphatic carbocycles. The second-order valence-electron chi connectivity index (χ2n) is 5.39. The van der Waals surface area contributed by atoms with Gasteiger partial charge in [-0.2, -0.15) is 0 Å². The van der Waals surface area contributed by atoms with Crippen LogP contribution in [0.4, 0.5) is 0 Å². The predicted octanol–water partition coefficient (Wildman–Crippen LogP) is 2.52. The Hall–Kier alpha value is -1.07. The fraction of sp³-hybridized carbons (Fsp3) is 0.571. The monoisotopic (exact) mass is 283 g/mol. The minimum atomic E-state index is -3.65. The summed E-state index contributed by atoms with van der Waals surface area (Å²) in [6.45, 7) is 4.42. The molecule has 1 aromatic carbocycles. The lowest BCUT2D eigenvalue weighted by Crippen LogP contribution is -2.14. The highest BCUT2D eigenvalue weighted by Gasteiger charge is 2.18. The zero-order valence-electron chi connectivity index (χ0n) is 11.5. The van der Waals surface area contributed by atoms with Crippen molar-refractivity contribution in [1.29, 1.82) is 0 Å². The van der Waals surface area contributed by atoms with Gasteiger partial charge in [0, 0.05) is 0 Å². The molecular weight excluding hydrogens is 262 g/mol. The molecule has 5 heteroatoms. The minimum absolute atomic E-state index is 0.149. The number of hydrogen-bond donors (Lipinski definition) is 1. The molecule has 0 unspecified atom stereocenters. The van der Waals surface area contributed by atoms with Crippen LogP contribution in [0.25, 0.3) is 0 Å². The number of rotatable bonds is 4. The largest absolute Gasteiger partial charge is 0.493 e. The third-order valence-electron chi connectivity index (χ3n) is 3.70. The topological polar surface area (TPSA) is 69.4 Å². The standard InChI is InChI=1S/C14H21NO3S/c1-10-7-13(19(15,16)17)8-11(2)14(10)18-9-12-5-3-4-6-12/h7-8,12H,3-6,9H2,1-2H3,(H2,15,16,17). The van der Waals surface area contributed by atoms with Gasteiger partial charge in [0.25, 0.3) is 0 Å². The Morgan fingerprint density at radius 2 is 1.74 bits per heavy atom. The van der Waals surface area contributed by atoms with Gasteiger partial charge >= 0.3 is 0 Å². The molecule has 0 amide bonds. The van der Waals surface area contributed by atoms with Crippen molar-refractivity contribution in [3.8, 4) is 5.75 Å². The summed E-state index contributed by atoms with van der Waals surface area (Å²) in [5.74, 6) is 1.43. The van der Waals surface area contributed by atoms with Gasteiger partial charge in [0.05, 0.1) is 11.5 Å². The van der Waals surface area contributed by atoms with Crippen molar-refractivity contribution in [2.45, 2.75) is 44.4 Å². The Kier molecular flexibility index (Phi) is 4.16. The number of aryl methyl sites for hydroxylation is 2. The molecule has 106 valence electrons. The first kappa shape index (κ1) is 14.3. The van der Waals surface area contributed by atoms with Crippen LogP contribution in [0.5, 0.6) is 5.75 Å². The normalized spacial score (nSPS) is 16.8. The van der Waals surface area contributed by atoms with Crippen LogP contribution < -0.4 is 9.88 Å². The van der Waals surface area contributed by atoms with Gasteiger partial charge in [0.1, 0.15) is 5.75 Å². The fourth-order valence-corrected chi connectivity index (χ4v) is 3.36. The van der Waals surface area contributed by atoms with E-state index >= 15 is 0 Å². The second-order valence-corrected chi connectivity index (χ2v) is 6.95. The van der Waals surface area contributed by atoms with E-state index < -0.39 is 10.0 Å². The predicted molar refractivity (Wildman–Crippen MR) is 74.7 cm³/mol. The molecule has 0 atom stereocenters. The Morgan fingerprint density at radius 3 is 2.21 bits per heavy atom. The van der Waals surface area contributed by atoms with Crippen molar-refractivity contribution >= 4 is 10.0 Å². The van der Waals surface area contributed by atoms with Gasteiger partial charge in [0.2, 0.25) is 10.0 Å². The van der Waals surface area contributed by atoms with Gasteiger partial charge in [-0.25, -0.2) is 13.6 Å². The first-order valence-electron chi connectivity index (χ1n) is 6.65. The van der Waals surface area contributed by atoms with Crippen molar-refractivity contribution in [2.75, 3.05) is 6.61 Å². The van der Waals surface area contributed by atoms with E-state index in [2.05, 4.69) is 0 Å². The molecule has 19 heavy (non-hydrogen) atoms. The summed E-state index contributed by atoms with van der Waals surface area (Å²) in [6.07, 6.45) is 5.04. The van der Waals surface area contributed by atoms with Gasteiger partial charge in [-0.3, -0.25) is 0 Å². The summed E-state index contributed by atoms with van der Waals surface area (Å²) in [5, 5.41) is 5.15. The highest BCUT2D eigenvalue weighted by Crippen LogP contribution is 2.29. The second kappa shape index (κ2) is 5.51. The van der Waals surface area contributed by atoms with E-state index in [9.17, 15) is 8.42 Å². The smallest absolute Gasteiger partial charge is 0.238 e. The zero-order valence-corrected chi connectivity index (χ0v) is 12.3. The molecule has 0 aromatic heterocycles. The molecule has 1 aromatic rings. The van der Waals surface area contributed by atoms with Crippen LogP contribution in [0.1, 0.15) is 36.8 Å². The molecule has 2 N–H and O–H groups in total. The van der Waals surface area contributed by atoms with Crippen molar-refractivity contribution in [2.24, 2.45) is 11.1 Å². The van der Waals surface area contributed by atoms with E-state index in [1.54, 1.807) is 12.1 Å². The van der Waals surface area contributed by atoms with Crippen LogP contribution in [-0.2, 0) is 10.0 Å². The van der Waals surface area contributed by atoms with Crippen molar-refractivity contribution in [3.05, 3.63) is 23.3 Å². The van der Waals surface area contributed by atoms with Crippen LogP contribution in [0.3, 0.4) is 0 Å². The molecular formula is C14H21NO3S. The molecule has 0 spiro atoms. The zero-order chi connectivity index (χ0) is 14.0. The molecule has 2 rings (SSSR count). The lowest BCUT2D eigenvalue weighted by atomic mass is 10.1. The van der Waals surface area contributed by atoms with Crippen molar-refractivity contribution in [1.82, 2.24) is 0 Å². The molecule has 4 nitrogen and oxygen atoms in total. The maximum Gasteiger partial charge on any atom is 0.238 e. The number of nitrogens with two attached hydrogens (primary N) is 1. The molecule has 1 saturated carbocycles. The molecule has 0 aliphatic heterocycles. The van der Waals surface area contributed by atoms with E-state index in [0.29, 0.717) is 5.92 Å². The Bertz CT molecular complexity index is 537. The van der Waals surface area contributed by atoms with Gasteiger partial charge in [-0.1, -0.05) is 12.8 Å². The summed E-state index contributed by atoms with van der Waals surface area (Å²) < 4.78 is 28.6. The first-order chi connectivity index (χ1) is 8.88. The maximum atomic E-state index is 11.4. The van der Waals surface area contributed by atoms with Crippen molar-refractivity contribution < 1.29 is 13.2 Å². The molecule has 0 bridgehead atoms. The number of sulfonamides is 1. The summed E-state index contributed by atoms with van der Waals surface area (Å²) >= 11 is 0. The molecule has 1 aliphatic rings. The van der Waals surface area contributed by atoms with Crippen LogP contribution in [0.2, 0.25) is 0 Å². The number of primary sulfonamides is 1. The molecule has 0 radical (unpaired) electrons. The van der Waals surface area contributed by atoms with Crippen LogP contribution in [0, 0.1) is 19.8 Å². The molecule has 0 saturated heterocycles. The SMILES string of the molecule is Cc1cc(S(N)(=O)=O)cc(C)c1OCC1CCCC1. The van der Waals surface area contributed by atoms with E-state index in [1.807, 2.05) is 13.8 Å². The summed E-state index contributed by atoms with van der Waals surface area (Å²) in [5.41, 5.74) is 1.64. The van der Waals surface area contributed by atoms with Crippen LogP contribution >= 0.6 is 0 Å². The van der Waals surface area contributed by atoms with E-state index in [1.165, 1.54) is 25.7 Å². The Labute approximate surface area is 115 Å². The fourth-order valence-electron chi connectivity index (χ4n) is 2.68. The maximum absolute atomic E-state index is 11.4. The number of ether oxygens (including phenoxy) is 1. The summed E-state index contributed by atoms with van der Waals surface area (Å²) in [6, 6.07) is 3.15. The van der Waals surface area contributed by atoms with Crippen molar-refractivity contribution in [3.63, 3.8) is 0 Å². The Morgan fingerprint density at radius 1 is 1.21 bits per heavy atom. The Balaban J connectivity index is 2.17. The van der Waals surface area contributed by atoms with E-state index in [0.717, 1.165) is 23.5 Å². The van der Waals surface area contributed by atoms with Gasteiger partial charge < -0.3 is 4.74 Å². The molecule has 0 heterocycles. The molecule has 1 fully saturated rings. The van der Waals surface area contributed by atoms with Crippen LogP contribution in [-0.4, -0.2) is 15.0 Å². The third kappa shape index (κ3) is 3.48. The summed E-state index contributed by atoms with van der Waals surface area (Å²) in [7, 11) is -3.65. The quantitative estimate of drug-likeness (QED) is 0.923. The van der Waals surface area contributed by atoms with Gasteiger partial charge in [-0.05, 0) is 55.9 Å². The third-order valence-corrected chi connectivity index (χ3v) is 4.59. The first-order valence-corrected chi connectivity index (χ1v) is 8.19. The van der Waals surface area contributed by atoms with E-state index in [-0.39, 0.29) is 4.90 Å². The summed E-state index contributed by atoms with van der Waals surface area (Å²) in [4.78, 5) is 0.149. The lowest BCUT2D eigenvalue weighted by molar-refractivity contribution is 0.249. The van der Waals surface area contributed by atoms with Crippen LogP contribution in [0.15, 0.2) is 17.0 Å². The minimum Gasteiger partial charge on any atom is -0.493 e. The van der Waals surface area contributed by atoms with E-state index in [4.69, 9.17) is 9.88 Å². The highest BCUT2D eigenvalue weighted by atomic mass is 32.2. The number of benzene rings is 1. The average Bonchev–Trinajstić information content (AvgIpc) is 2.79. The highest BCUT2D eigenvalue weighted by molar-refractivity contribution is 7.89. The van der Waals surface area contributed by atoms with Gasteiger partial charge in [-0.15, -0.1) is 0 Å². The van der Waals surface area contributed by atoms with Gasteiger partial charge in [0.15, 0.2) is 0 Å².